The zero-order valence-corrected chi connectivity index (χ0v) is 9.60. The predicted molar refractivity (Wildman–Crippen MR) is 61.0 cm³/mol. The molecule has 1 heterocycles. The van der Waals surface area contributed by atoms with Gasteiger partial charge in [-0.2, -0.15) is 11.8 Å². The van der Waals surface area contributed by atoms with E-state index in [1.165, 1.54) is 6.07 Å². The molecule has 2 nitrogen and oxygen atoms in total. The monoisotopic (exact) mass is 227 g/mol. The van der Waals surface area contributed by atoms with Gasteiger partial charge in [0.15, 0.2) is 0 Å². The van der Waals surface area contributed by atoms with E-state index in [1.807, 2.05) is 18.8 Å². The van der Waals surface area contributed by atoms with Crippen LogP contribution in [0.2, 0.25) is 0 Å². The van der Waals surface area contributed by atoms with Gasteiger partial charge >= 0.3 is 0 Å². The maximum atomic E-state index is 13.2. The van der Waals surface area contributed by atoms with Gasteiger partial charge in [-0.3, -0.25) is 0 Å². The molecule has 1 aromatic carbocycles. The lowest BCUT2D eigenvalue weighted by Gasteiger charge is -2.36. The molecule has 0 amide bonds. The van der Waals surface area contributed by atoms with Gasteiger partial charge in [0, 0.05) is 22.6 Å². The fourth-order valence-electron chi connectivity index (χ4n) is 1.76. The van der Waals surface area contributed by atoms with Crippen LogP contribution in [0.4, 0.5) is 4.39 Å². The lowest BCUT2D eigenvalue weighted by atomic mass is 10.0. The number of nitrogens with one attached hydrogen (secondary N) is 1. The van der Waals surface area contributed by atoms with Crippen molar-refractivity contribution in [2.45, 2.75) is 11.3 Å². The van der Waals surface area contributed by atoms with E-state index in [2.05, 4.69) is 5.32 Å². The normalized spacial score (nSPS) is 24.7. The molecule has 2 atom stereocenters. The van der Waals surface area contributed by atoms with Crippen LogP contribution in [-0.2, 0) is 0 Å². The van der Waals surface area contributed by atoms with Crippen LogP contribution in [0.3, 0.4) is 0 Å². The average molecular weight is 227 g/mol. The molecule has 1 aliphatic rings. The first-order chi connectivity index (χ1) is 7.26. The minimum absolute atomic E-state index is 0.201. The Morgan fingerprint density at radius 1 is 1.53 bits per heavy atom. The van der Waals surface area contributed by atoms with E-state index in [1.54, 1.807) is 19.2 Å². The quantitative estimate of drug-likeness (QED) is 0.855. The van der Waals surface area contributed by atoms with E-state index in [0.717, 1.165) is 17.1 Å². The van der Waals surface area contributed by atoms with Crippen molar-refractivity contribution in [2.24, 2.45) is 0 Å². The van der Waals surface area contributed by atoms with Crippen LogP contribution in [0.5, 0.6) is 5.75 Å². The lowest BCUT2D eigenvalue weighted by molar-refractivity contribution is 0.403. The molecule has 1 N–H and O–H groups in total. The van der Waals surface area contributed by atoms with Crippen molar-refractivity contribution >= 4 is 11.8 Å². The second kappa shape index (κ2) is 4.41. The van der Waals surface area contributed by atoms with Crippen LogP contribution < -0.4 is 10.1 Å². The number of thioether (sulfide) groups is 1. The zero-order valence-electron chi connectivity index (χ0n) is 8.79. The lowest BCUT2D eigenvalue weighted by Crippen LogP contribution is -2.40. The molecule has 1 aromatic rings. The fraction of sp³-hybridized carbons (Fsp3) is 0.455. The van der Waals surface area contributed by atoms with E-state index in [0.29, 0.717) is 11.3 Å². The van der Waals surface area contributed by atoms with Gasteiger partial charge in [-0.1, -0.05) is 0 Å². The molecule has 0 aliphatic carbocycles. The number of hydrogen-bond donors (Lipinski definition) is 1. The van der Waals surface area contributed by atoms with E-state index in [-0.39, 0.29) is 5.82 Å². The van der Waals surface area contributed by atoms with Crippen molar-refractivity contribution in [3.05, 3.63) is 29.6 Å². The topological polar surface area (TPSA) is 21.3 Å². The molecule has 0 aromatic heterocycles. The van der Waals surface area contributed by atoms with Crippen LogP contribution >= 0.6 is 11.8 Å². The Kier molecular flexibility index (Phi) is 3.17. The van der Waals surface area contributed by atoms with Gasteiger partial charge in [-0.05, 0) is 25.2 Å². The second-order valence-electron chi connectivity index (χ2n) is 3.54. The summed E-state index contributed by atoms with van der Waals surface area (Å²) in [5, 5.41) is 3.53. The van der Waals surface area contributed by atoms with Crippen molar-refractivity contribution in [3.8, 4) is 5.75 Å². The Morgan fingerprint density at radius 2 is 2.33 bits per heavy atom. The Morgan fingerprint density at radius 3 is 2.87 bits per heavy atom. The van der Waals surface area contributed by atoms with Crippen molar-refractivity contribution in [2.75, 3.05) is 19.9 Å². The highest BCUT2D eigenvalue weighted by Crippen LogP contribution is 2.45. The summed E-state index contributed by atoms with van der Waals surface area (Å²) in [4.78, 5) is 0. The number of methoxy groups -OCH3 is 1. The molecule has 2 unspecified atom stereocenters. The van der Waals surface area contributed by atoms with E-state index in [9.17, 15) is 4.39 Å². The van der Waals surface area contributed by atoms with Gasteiger partial charge in [0.1, 0.15) is 11.6 Å². The highest BCUT2D eigenvalue weighted by molar-refractivity contribution is 8.01. The minimum atomic E-state index is -0.201. The Labute approximate surface area is 93.2 Å². The number of halogens is 1. The van der Waals surface area contributed by atoms with Crippen LogP contribution in [0.1, 0.15) is 10.8 Å². The number of ether oxygens (including phenoxy) is 1. The van der Waals surface area contributed by atoms with E-state index >= 15 is 0 Å². The Hall–Kier alpha value is -0.740. The smallest absolute Gasteiger partial charge is 0.123 e. The summed E-state index contributed by atoms with van der Waals surface area (Å²) in [7, 11) is 3.55. The summed E-state index contributed by atoms with van der Waals surface area (Å²) in [6.07, 6.45) is 0. The summed E-state index contributed by atoms with van der Waals surface area (Å²) in [6, 6.07) is 5.11. The van der Waals surface area contributed by atoms with Crippen LogP contribution in [0.15, 0.2) is 18.2 Å². The van der Waals surface area contributed by atoms with E-state index in [4.69, 9.17) is 4.74 Å². The fourth-order valence-corrected chi connectivity index (χ4v) is 3.00. The van der Waals surface area contributed by atoms with Gasteiger partial charge in [0.2, 0.25) is 0 Å². The molecule has 1 aliphatic heterocycles. The summed E-state index contributed by atoms with van der Waals surface area (Å²) in [5.41, 5.74) is 0.952. The summed E-state index contributed by atoms with van der Waals surface area (Å²) in [5.74, 6) is 1.64. The van der Waals surface area contributed by atoms with Gasteiger partial charge in [-0.15, -0.1) is 0 Å². The number of benzene rings is 1. The van der Waals surface area contributed by atoms with Crippen molar-refractivity contribution < 1.29 is 9.13 Å². The zero-order chi connectivity index (χ0) is 10.8. The first kappa shape index (κ1) is 10.8. The summed E-state index contributed by atoms with van der Waals surface area (Å²) >= 11 is 1.82. The molecule has 0 spiro atoms. The van der Waals surface area contributed by atoms with Gasteiger partial charge in [-0.25, -0.2) is 4.39 Å². The molecule has 1 saturated heterocycles. The number of likely N-dealkylation sites (N-methyl/N-ethyl adjacent to an activating group) is 1. The van der Waals surface area contributed by atoms with Gasteiger partial charge < -0.3 is 10.1 Å². The third kappa shape index (κ3) is 1.96. The third-order valence-corrected chi connectivity index (χ3v) is 4.18. The highest BCUT2D eigenvalue weighted by Gasteiger charge is 2.33. The van der Waals surface area contributed by atoms with Crippen LogP contribution in [-0.4, -0.2) is 26.0 Å². The minimum Gasteiger partial charge on any atom is -0.496 e. The Balaban J connectivity index is 2.29. The molecule has 4 heteroatoms. The standard InChI is InChI=1S/C11H14FNOS/c1-13-9-6-15-11(9)8-5-7(12)3-4-10(8)14-2/h3-5,9,11,13H,6H2,1-2H3. The maximum absolute atomic E-state index is 13.2. The number of hydrogen-bond acceptors (Lipinski definition) is 3. The largest absolute Gasteiger partial charge is 0.496 e. The molecule has 0 bridgehead atoms. The van der Waals surface area contributed by atoms with Crippen molar-refractivity contribution in [3.63, 3.8) is 0 Å². The highest BCUT2D eigenvalue weighted by atomic mass is 32.2. The molecular formula is C11H14FNOS. The van der Waals surface area contributed by atoms with Crippen molar-refractivity contribution in [1.82, 2.24) is 5.32 Å². The molecule has 0 radical (unpaired) electrons. The first-order valence-corrected chi connectivity index (χ1v) is 5.93. The van der Waals surface area contributed by atoms with E-state index < -0.39 is 0 Å². The summed E-state index contributed by atoms with van der Waals surface area (Å²) < 4.78 is 18.4. The third-order valence-electron chi connectivity index (χ3n) is 2.69. The molecular weight excluding hydrogens is 213 g/mol. The molecule has 2 rings (SSSR count). The van der Waals surface area contributed by atoms with Crippen LogP contribution in [0.25, 0.3) is 0 Å². The molecule has 1 fully saturated rings. The van der Waals surface area contributed by atoms with Gasteiger partial charge in [0.25, 0.3) is 0 Å². The second-order valence-corrected chi connectivity index (χ2v) is 4.71. The predicted octanol–water partition coefficient (Wildman–Crippen LogP) is 2.21. The van der Waals surface area contributed by atoms with Crippen LogP contribution in [0, 0.1) is 5.82 Å². The van der Waals surface area contributed by atoms with Crippen molar-refractivity contribution in [1.29, 1.82) is 0 Å². The molecule has 15 heavy (non-hydrogen) atoms. The first-order valence-electron chi connectivity index (χ1n) is 4.88. The Bertz CT molecular complexity index is 356. The maximum Gasteiger partial charge on any atom is 0.123 e. The van der Waals surface area contributed by atoms with Gasteiger partial charge in [0.05, 0.1) is 7.11 Å². The average Bonchev–Trinajstić information content (AvgIpc) is 2.17. The summed E-state index contributed by atoms with van der Waals surface area (Å²) in [6.45, 7) is 0. The molecule has 82 valence electrons. The molecule has 0 saturated carbocycles. The number of rotatable bonds is 3. The SMILES string of the molecule is CNC1CSC1c1cc(F)ccc1OC.